The first-order chi connectivity index (χ1) is 21.5. The molecule has 0 amide bonds. The number of esters is 1. The molecule has 0 unspecified atom stereocenters. The van der Waals surface area contributed by atoms with E-state index in [1.165, 1.54) is 5.57 Å². The summed E-state index contributed by atoms with van der Waals surface area (Å²) >= 11 is 0. The Balaban J connectivity index is 1.38. The maximum atomic E-state index is 14.4. The first-order valence-corrected chi connectivity index (χ1v) is 17.7. The van der Waals surface area contributed by atoms with E-state index in [-0.39, 0.29) is 46.5 Å². The number of rotatable bonds is 5. The van der Waals surface area contributed by atoms with E-state index in [1.807, 2.05) is 0 Å². The van der Waals surface area contributed by atoms with Gasteiger partial charge in [-0.3, -0.25) is 4.79 Å². The van der Waals surface area contributed by atoms with Crippen molar-refractivity contribution in [2.75, 3.05) is 13.2 Å². The molecule has 0 spiro atoms. The molecular formula is C36H58O10. The van der Waals surface area contributed by atoms with Gasteiger partial charge in [0.05, 0.1) is 25.4 Å². The Morgan fingerprint density at radius 1 is 0.913 bits per heavy atom. The highest BCUT2D eigenvalue weighted by molar-refractivity contribution is 5.80. The first kappa shape index (κ1) is 34.7. The quantitative estimate of drug-likeness (QED) is 0.173. The average Bonchev–Trinajstić information content (AvgIpc) is 3.33. The number of aliphatic hydroxyl groups excluding tert-OH is 7. The molecule has 262 valence electrons. The van der Waals surface area contributed by atoms with Crippen molar-refractivity contribution in [3.8, 4) is 0 Å². The molecule has 1 aliphatic heterocycles. The van der Waals surface area contributed by atoms with Crippen LogP contribution in [0.4, 0.5) is 0 Å². The van der Waals surface area contributed by atoms with Crippen LogP contribution in [-0.4, -0.2) is 97.8 Å². The lowest BCUT2D eigenvalue weighted by Gasteiger charge is -2.70. The second-order valence-corrected chi connectivity index (χ2v) is 17.3. The maximum absolute atomic E-state index is 14.4. The molecule has 0 radical (unpaired) electrons. The van der Waals surface area contributed by atoms with Crippen LogP contribution in [-0.2, 0) is 14.3 Å². The summed E-state index contributed by atoms with van der Waals surface area (Å²) < 4.78 is 11.4. The van der Waals surface area contributed by atoms with E-state index in [1.54, 1.807) is 0 Å². The minimum Gasteiger partial charge on any atom is -0.432 e. The van der Waals surface area contributed by atoms with Crippen LogP contribution < -0.4 is 0 Å². The number of aliphatic hydroxyl groups is 7. The van der Waals surface area contributed by atoms with Gasteiger partial charge >= 0.3 is 5.97 Å². The summed E-state index contributed by atoms with van der Waals surface area (Å²) in [6.45, 7) is 12.8. The van der Waals surface area contributed by atoms with Gasteiger partial charge in [0.25, 0.3) is 0 Å². The molecule has 1 heterocycles. The number of hydrogen-bond acceptors (Lipinski definition) is 10. The number of ether oxygens (including phenoxy) is 2. The highest BCUT2D eigenvalue weighted by Crippen LogP contribution is 2.76. The van der Waals surface area contributed by atoms with E-state index >= 15 is 0 Å². The van der Waals surface area contributed by atoms with Crippen molar-refractivity contribution in [1.29, 1.82) is 0 Å². The Kier molecular flexibility index (Phi) is 8.66. The van der Waals surface area contributed by atoms with Gasteiger partial charge in [-0.25, -0.2) is 0 Å². The predicted molar refractivity (Wildman–Crippen MR) is 168 cm³/mol. The molecule has 10 nitrogen and oxygen atoms in total. The first-order valence-electron chi connectivity index (χ1n) is 17.7. The van der Waals surface area contributed by atoms with E-state index < -0.39 is 66.3 Å². The van der Waals surface area contributed by atoms with Crippen LogP contribution in [0.25, 0.3) is 0 Å². The van der Waals surface area contributed by atoms with Gasteiger partial charge in [0.15, 0.2) is 0 Å². The largest absolute Gasteiger partial charge is 0.432 e. The van der Waals surface area contributed by atoms with Crippen molar-refractivity contribution in [3.63, 3.8) is 0 Å². The fourth-order valence-corrected chi connectivity index (χ4v) is 12.3. The zero-order valence-corrected chi connectivity index (χ0v) is 28.4. The number of carbonyl (C=O) groups is 1. The standard InChI is InChI=1S/C36H58O10/c1-18(2)19-15-25(40)36(31(44)46-30-29(43)28(42)27(41)21(16-37)45-30)14-13-34(5)20(26(19)36)7-8-23-32(3)11-10-24(39)33(4,17-38)22(32)9-12-35(23,34)6/h7,18-19,21-30,37-43H,8-17H2,1-6H3/t19-,21+,22+,23+,24-,25-,26-,27+,28-,29+,30-,32-,33-,34-,35+,36+/m0/s1. The number of carbonyl (C=O) groups excluding carboxylic acids is 1. The minimum atomic E-state index is -1.71. The Morgan fingerprint density at radius 2 is 1.61 bits per heavy atom. The van der Waals surface area contributed by atoms with Gasteiger partial charge in [0, 0.05) is 11.3 Å². The van der Waals surface area contributed by atoms with Crippen LogP contribution in [0.2, 0.25) is 0 Å². The molecule has 7 N–H and O–H groups in total. The van der Waals surface area contributed by atoms with Crippen LogP contribution in [0.5, 0.6) is 0 Å². The highest BCUT2D eigenvalue weighted by atomic mass is 16.7. The molecule has 46 heavy (non-hydrogen) atoms. The Morgan fingerprint density at radius 3 is 2.24 bits per heavy atom. The molecule has 5 aliphatic carbocycles. The van der Waals surface area contributed by atoms with Gasteiger partial charge in [-0.15, -0.1) is 0 Å². The van der Waals surface area contributed by atoms with Gasteiger partial charge in [-0.05, 0) is 91.3 Å². The lowest BCUT2D eigenvalue weighted by molar-refractivity contribution is -0.297. The molecule has 0 bridgehead atoms. The fourth-order valence-electron chi connectivity index (χ4n) is 12.3. The Labute approximate surface area is 273 Å². The smallest absolute Gasteiger partial charge is 0.317 e. The van der Waals surface area contributed by atoms with Crippen LogP contribution >= 0.6 is 0 Å². The van der Waals surface area contributed by atoms with Gasteiger partial charge in [0.1, 0.15) is 29.8 Å². The van der Waals surface area contributed by atoms with Crippen molar-refractivity contribution in [1.82, 2.24) is 0 Å². The summed E-state index contributed by atoms with van der Waals surface area (Å²) in [6, 6.07) is 0. The van der Waals surface area contributed by atoms with Gasteiger partial charge in [-0.1, -0.05) is 53.2 Å². The van der Waals surface area contributed by atoms with Crippen molar-refractivity contribution < 1.29 is 50.0 Å². The summed E-state index contributed by atoms with van der Waals surface area (Å²) in [5.41, 5.74) is -1.05. The molecule has 0 aromatic rings. The lowest BCUT2D eigenvalue weighted by Crippen LogP contribution is -2.66. The SMILES string of the molecule is CC(C)[C@@H]1C[C@H](O)[C@]2(C(=O)O[C@@H]3O[C@H](CO)[C@@H](O)[C@H](O)[C@H]3O)CC[C@@]3(C)C(=CC[C@@H]4[C@@]5(C)CC[C@H](O)[C@@](C)(CO)[C@@H]5CC[C@]43C)[C@H]12. The van der Waals surface area contributed by atoms with Gasteiger partial charge in [0.2, 0.25) is 6.29 Å². The van der Waals surface area contributed by atoms with Gasteiger partial charge in [-0.2, -0.15) is 0 Å². The number of fused-ring (bicyclic) bond motifs is 7. The number of allylic oxidation sites excluding steroid dienone is 2. The van der Waals surface area contributed by atoms with Crippen LogP contribution in [0.15, 0.2) is 11.6 Å². The number of hydrogen-bond donors (Lipinski definition) is 7. The van der Waals surface area contributed by atoms with Crippen molar-refractivity contribution >= 4 is 5.97 Å². The van der Waals surface area contributed by atoms with E-state index in [2.05, 4.69) is 47.6 Å². The zero-order chi connectivity index (χ0) is 33.8. The third kappa shape index (κ3) is 4.39. The third-order valence-corrected chi connectivity index (χ3v) is 15.4. The second kappa shape index (κ2) is 11.5. The van der Waals surface area contributed by atoms with Crippen LogP contribution in [0, 0.1) is 56.7 Å². The summed E-state index contributed by atoms with van der Waals surface area (Å²) in [6.07, 6.45) is -1.18. The van der Waals surface area contributed by atoms with Gasteiger partial charge < -0.3 is 45.2 Å². The summed E-state index contributed by atoms with van der Waals surface area (Å²) in [4.78, 5) is 14.4. The summed E-state index contributed by atoms with van der Waals surface area (Å²) in [7, 11) is 0. The summed E-state index contributed by atoms with van der Waals surface area (Å²) in [5, 5.41) is 74.4. The molecule has 4 saturated carbocycles. The Bertz CT molecular complexity index is 1220. The zero-order valence-electron chi connectivity index (χ0n) is 28.4. The lowest BCUT2D eigenvalue weighted by atomic mass is 9.34. The molecule has 0 aromatic heterocycles. The second-order valence-electron chi connectivity index (χ2n) is 17.3. The predicted octanol–water partition coefficient (Wildman–Crippen LogP) is 2.29. The van der Waals surface area contributed by atoms with E-state index in [0.717, 1.165) is 25.7 Å². The monoisotopic (exact) mass is 650 g/mol. The topological polar surface area (TPSA) is 177 Å². The molecule has 6 aliphatic rings. The maximum Gasteiger partial charge on any atom is 0.317 e. The van der Waals surface area contributed by atoms with E-state index in [0.29, 0.717) is 31.6 Å². The van der Waals surface area contributed by atoms with Crippen molar-refractivity contribution in [2.45, 2.75) is 136 Å². The van der Waals surface area contributed by atoms with Crippen molar-refractivity contribution in [2.24, 2.45) is 56.7 Å². The van der Waals surface area contributed by atoms with E-state index in [4.69, 9.17) is 9.47 Å². The van der Waals surface area contributed by atoms with Crippen molar-refractivity contribution in [3.05, 3.63) is 11.6 Å². The summed E-state index contributed by atoms with van der Waals surface area (Å²) in [5.74, 6) is -0.269. The van der Waals surface area contributed by atoms with Crippen LogP contribution in [0.3, 0.4) is 0 Å². The molecular weight excluding hydrogens is 592 g/mol. The van der Waals surface area contributed by atoms with Crippen LogP contribution in [0.1, 0.15) is 92.9 Å². The molecule has 0 aromatic carbocycles. The molecule has 16 atom stereocenters. The molecule has 1 saturated heterocycles. The molecule has 6 rings (SSSR count). The average molecular weight is 651 g/mol. The van der Waals surface area contributed by atoms with E-state index in [9.17, 15) is 40.5 Å². The highest BCUT2D eigenvalue weighted by Gasteiger charge is 2.72. The normalized spacial score (nSPS) is 55.1. The fraction of sp³-hybridized carbons (Fsp3) is 0.917. The molecule has 10 heteroatoms. The minimum absolute atomic E-state index is 0.0119. The Hall–Kier alpha value is -1.11. The molecule has 5 fully saturated rings. The third-order valence-electron chi connectivity index (χ3n) is 15.4.